The Labute approximate surface area is 121 Å². The molecule has 0 heterocycles. The third kappa shape index (κ3) is 5.72. The van der Waals surface area contributed by atoms with E-state index >= 15 is 0 Å². The van der Waals surface area contributed by atoms with Gasteiger partial charge in [0, 0.05) is 18.2 Å². The Balaban J connectivity index is 2.70. The van der Waals surface area contributed by atoms with E-state index in [0.29, 0.717) is 13.1 Å². The lowest BCUT2D eigenvalue weighted by Gasteiger charge is -2.15. The molecule has 1 aromatic rings. The van der Waals surface area contributed by atoms with Crippen LogP contribution in [-0.4, -0.2) is 21.5 Å². The zero-order valence-corrected chi connectivity index (χ0v) is 12.6. The molecular formula is C14H21N3O2S. The molecule has 1 aromatic carbocycles. The first-order chi connectivity index (χ1) is 9.48. The largest absolute Gasteiger partial charge is 0.320 e. The summed E-state index contributed by atoms with van der Waals surface area (Å²) >= 11 is 0. The summed E-state index contributed by atoms with van der Waals surface area (Å²) in [7, 11) is -3.46. The van der Waals surface area contributed by atoms with Crippen LogP contribution in [0.3, 0.4) is 0 Å². The summed E-state index contributed by atoms with van der Waals surface area (Å²) in [5.74, 6) is 5.69. The van der Waals surface area contributed by atoms with Crippen molar-refractivity contribution in [2.75, 3.05) is 13.1 Å². The normalized spacial score (nSPS) is 12.6. The Morgan fingerprint density at radius 1 is 1.30 bits per heavy atom. The minimum absolute atomic E-state index is 0.305. The van der Waals surface area contributed by atoms with Crippen LogP contribution in [0.2, 0.25) is 0 Å². The third-order valence-corrected chi connectivity index (χ3v) is 3.87. The highest BCUT2D eigenvalue weighted by Gasteiger charge is 2.14. The average Bonchev–Trinajstić information content (AvgIpc) is 2.43. The van der Waals surface area contributed by atoms with E-state index in [0.717, 1.165) is 17.5 Å². The van der Waals surface area contributed by atoms with Gasteiger partial charge in [0.25, 0.3) is 10.2 Å². The molecule has 6 heteroatoms. The number of benzene rings is 1. The van der Waals surface area contributed by atoms with Gasteiger partial charge in [-0.15, -0.1) is 0 Å². The van der Waals surface area contributed by atoms with Crippen molar-refractivity contribution in [3.05, 3.63) is 35.4 Å². The quantitative estimate of drug-likeness (QED) is 0.682. The van der Waals surface area contributed by atoms with Crippen molar-refractivity contribution in [1.29, 1.82) is 0 Å². The van der Waals surface area contributed by atoms with Gasteiger partial charge in [-0.1, -0.05) is 30.9 Å². The molecule has 0 aliphatic rings. The molecule has 1 atom stereocenters. The number of hydrogen-bond acceptors (Lipinski definition) is 3. The van der Waals surface area contributed by atoms with E-state index in [2.05, 4.69) is 21.3 Å². The predicted octanol–water partition coefficient (Wildman–Crippen LogP) is 0.892. The van der Waals surface area contributed by atoms with Crippen molar-refractivity contribution in [2.45, 2.75) is 26.3 Å². The monoisotopic (exact) mass is 295 g/mol. The van der Waals surface area contributed by atoms with Crippen LogP contribution >= 0.6 is 0 Å². The van der Waals surface area contributed by atoms with Crippen molar-refractivity contribution in [1.82, 2.24) is 9.44 Å². The van der Waals surface area contributed by atoms with Gasteiger partial charge in [-0.2, -0.15) is 13.1 Å². The molecule has 0 saturated carbocycles. The first kappa shape index (κ1) is 16.7. The Hall–Kier alpha value is -1.39. The van der Waals surface area contributed by atoms with E-state index in [-0.39, 0.29) is 6.04 Å². The van der Waals surface area contributed by atoms with Crippen molar-refractivity contribution in [3.8, 4) is 11.8 Å². The molecule has 4 N–H and O–H groups in total. The lowest BCUT2D eigenvalue weighted by Crippen LogP contribution is -2.38. The second-order valence-electron chi connectivity index (χ2n) is 4.37. The van der Waals surface area contributed by atoms with Gasteiger partial charge in [-0.3, -0.25) is 0 Å². The van der Waals surface area contributed by atoms with Crippen molar-refractivity contribution in [2.24, 2.45) is 5.73 Å². The van der Waals surface area contributed by atoms with Gasteiger partial charge < -0.3 is 5.73 Å². The first-order valence-corrected chi connectivity index (χ1v) is 8.02. The summed E-state index contributed by atoms with van der Waals surface area (Å²) in [6.07, 6.45) is 0.754. The molecule has 110 valence electrons. The van der Waals surface area contributed by atoms with Gasteiger partial charge in [-0.25, -0.2) is 4.72 Å². The molecule has 0 saturated heterocycles. The van der Waals surface area contributed by atoms with Crippen molar-refractivity contribution < 1.29 is 8.42 Å². The fraction of sp³-hybridized carbons (Fsp3) is 0.429. The van der Waals surface area contributed by atoms with Gasteiger partial charge >= 0.3 is 0 Å². The number of hydrogen-bond donors (Lipinski definition) is 3. The fourth-order valence-electron chi connectivity index (χ4n) is 1.59. The minimum Gasteiger partial charge on any atom is -0.320 e. The van der Waals surface area contributed by atoms with Crippen LogP contribution in [-0.2, 0) is 10.2 Å². The van der Waals surface area contributed by atoms with Crippen LogP contribution in [0.15, 0.2) is 24.3 Å². The molecule has 0 aromatic heterocycles. The summed E-state index contributed by atoms with van der Waals surface area (Å²) in [6, 6.07) is 7.10. The molecular weight excluding hydrogens is 274 g/mol. The summed E-state index contributed by atoms with van der Waals surface area (Å²) in [6.45, 7) is 4.45. The maximum atomic E-state index is 11.7. The Kier molecular flexibility index (Phi) is 6.68. The summed E-state index contributed by atoms with van der Waals surface area (Å²) in [4.78, 5) is 0. The number of rotatable bonds is 6. The van der Waals surface area contributed by atoms with Crippen molar-refractivity contribution >= 4 is 10.2 Å². The fourth-order valence-corrected chi connectivity index (χ4v) is 2.74. The molecule has 0 aliphatic carbocycles. The lowest BCUT2D eigenvalue weighted by molar-refractivity contribution is 0.551. The smallest absolute Gasteiger partial charge is 0.277 e. The molecule has 0 bridgehead atoms. The van der Waals surface area contributed by atoms with Crippen LogP contribution < -0.4 is 15.2 Å². The topological polar surface area (TPSA) is 84.2 Å². The van der Waals surface area contributed by atoms with E-state index < -0.39 is 10.2 Å². The van der Waals surface area contributed by atoms with Gasteiger partial charge in [0.1, 0.15) is 0 Å². The summed E-state index contributed by atoms with van der Waals surface area (Å²) in [5, 5.41) is 0. The molecule has 20 heavy (non-hydrogen) atoms. The van der Waals surface area contributed by atoms with Crippen LogP contribution in [0.4, 0.5) is 0 Å². The highest BCUT2D eigenvalue weighted by Crippen LogP contribution is 2.13. The highest BCUT2D eigenvalue weighted by atomic mass is 32.2. The molecule has 0 spiro atoms. The molecule has 0 aliphatic heterocycles. The van der Waals surface area contributed by atoms with E-state index in [1.54, 1.807) is 6.92 Å². The average molecular weight is 295 g/mol. The Morgan fingerprint density at radius 3 is 2.50 bits per heavy atom. The second-order valence-corrected chi connectivity index (χ2v) is 5.90. The van der Waals surface area contributed by atoms with Crippen LogP contribution in [0.25, 0.3) is 0 Å². The molecule has 1 unspecified atom stereocenters. The summed E-state index contributed by atoms with van der Waals surface area (Å²) < 4.78 is 28.5. The standard InChI is InChI=1S/C14H21N3O2S/c1-3-11-16-20(18,19)17-12(2)14-8-6-13(7-9-14)5-4-10-15/h6-9,12,16-17H,3,10-11,15H2,1-2H3. The second kappa shape index (κ2) is 8.02. The van der Waals surface area contributed by atoms with E-state index in [9.17, 15) is 8.42 Å². The lowest BCUT2D eigenvalue weighted by atomic mass is 10.1. The maximum absolute atomic E-state index is 11.7. The van der Waals surface area contributed by atoms with E-state index in [1.807, 2.05) is 31.2 Å². The SMILES string of the molecule is CCCNS(=O)(=O)NC(C)c1ccc(C#CCN)cc1. The van der Waals surface area contributed by atoms with E-state index in [1.165, 1.54) is 0 Å². The van der Waals surface area contributed by atoms with Crippen LogP contribution in [0, 0.1) is 11.8 Å². The zero-order chi connectivity index (χ0) is 15.0. The Bertz CT molecular complexity index is 571. The van der Waals surface area contributed by atoms with E-state index in [4.69, 9.17) is 5.73 Å². The van der Waals surface area contributed by atoms with Gasteiger partial charge in [0.2, 0.25) is 0 Å². The zero-order valence-electron chi connectivity index (χ0n) is 11.8. The number of nitrogens with one attached hydrogen (secondary N) is 2. The van der Waals surface area contributed by atoms with Gasteiger partial charge in [-0.05, 0) is 31.0 Å². The van der Waals surface area contributed by atoms with Crippen LogP contribution in [0.5, 0.6) is 0 Å². The minimum atomic E-state index is -3.46. The summed E-state index contributed by atoms with van der Waals surface area (Å²) in [5.41, 5.74) is 7.05. The third-order valence-electron chi connectivity index (χ3n) is 2.62. The molecule has 0 fully saturated rings. The molecule has 1 rings (SSSR count). The molecule has 0 radical (unpaired) electrons. The van der Waals surface area contributed by atoms with Crippen LogP contribution in [0.1, 0.15) is 37.4 Å². The van der Waals surface area contributed by atoms with Gasteiger partial charge in [0.15, 0.2) is 0 Å². The highest BCUT2D eigenvalue weighted by molar-refractivity contribution is 7.87. The maximum Gasteiger partial charge on any atom is 0.277 e. The molecule has 0 amide bonds. The Morgan fingerprint density at radius 2 is 1.95 bits per heavy atom. The molecule has 5 nitrogen and oxygen atoms in total. The predicted molar refractivity (Wildman–Crippen MR) is 81.1 cm³/mol. The van der Waals surface area contributed by atoms with Gasteiger partial charge in [0.05, 0.1) is 6.54 Å². The number of nitrogens with two attached hydrogens (primary N) is 1. The van der Waals surface area contributed by atoms with Crippen molar-refractivity contribution in [3.63, 3.8) is 0 Å². The first-order valence-electron chi connectivity index (χ1n) is 6.54.